The molecule has 0 fully saturated rings. The molecule has 0 aliphatic rings. The van der Waals surface area contributed by atoms with Gasteiger partial charge < -0.3 is 10.1 Å². The zero-order valence-corrected chi connectivity index (χ0v) is 15.4. The molecular weight excluding hydrogens is 321 g/mol. The Hall–Kier alpha value is -1.91. The van der Waals surface area contributed by atoms with Crippen LogP contribution >= 0.6 is 0 Å². The molecule has 1 amide bonds. The van der Waals surface area contributed by atoms with Gasteiger partial charge in [-0.15, -0.1) is 0 Å². The van der Waals surface area contributed by atoms with E-state index in [9.17, 15) is 14.0 Å². The number of nitrogens with one attached hydrogen (secondary N) is 1. The first kappa shape index (κ1) is 21.1. The van der Waals surface area contributed by atoms with Crippen LogP contribution in [0.4, 0.5) is 4.39 Å². The molecular formula is C20H30FNO3. The molecule has 5 heteroatoms. The van der Waals surface area contributed by atoms with E-state index in [0.717, 1.165) is 38.6 Å². The third-order valence-corrected chi connectivity index (χ3v) is 4.18. The predicted molar refractivity (Wildman–Crippen MR) is 97.5 cm³/mol. The summed E-state index contributed by atoms with van der Waals surface area (Å²) >= 11 is 0. The number of carbonyl (C=O) groups excluding carboxylic acids is 2. The number of hydrogen-bond acceptors (Lipinski definition) is 3. The molecule has 1 aromatic carbocycles. The van der Waals surface area contributed by atoms with E-state index in [-0.39, 0.29) is 17.4 Å². The number of halogens is 1. The van der Waals surface area contributed by atoms with E-state index in [0.29, 0.717) is 12.0 Å². The van der Waals surface area contributed by atoms with Crippen molar-refractivity contribution in [3.8, 4) is 5.75 Å². The number of ketones is 1. The molecule has 1 N–H and O–H groups in total. The fourth-order valence-corrected chi connectivity index (χ4v) is 2.72. The van der Waals surface area contributed by atoms with E-state index >= 15 is 0 Å². The van der Waals surface area contributed by atoms with Gasteiger partial charge in [0.05, 0.1) is 7.11 Å². The molecule has 0 aromatic heterocycles. The number of hydrogen-bond donors (Lipinski definition) is 1. The van der Waals surface area contributed by atoms with Gasteiger partial charge in [-0.25, -0.2) is 4.39 Å². The molecule has 140 valence electrons. The lowest BCUT2D eigenvalue weighted by Crippen LogP contribution is -2.20. The molecule has 4 nitrogen and oxygen atoms in total. The van der Waals surface area contributed by atoms with Crippen molar-refractivity contribution in [2.45, 2.75) is 64.7 Å². The number of benzene rings is 1. The second-order valence-electron chi connectivity index (χ2n) is 6.33. The number of carbonyl (C=O) groups is 2. The Morgan fingerprint density at radius 3 is 2.16 bits per heavy atom. The van der Waals surface area contributed by atoms with Crippen molar-refractivity contribution in [2.24, 2.45) is 0 Å². The van der Waals surface area contributed by atoms with Gasteiger partial charge in [-0.3, -0.25) is 9.59 Å². The van der Waals surface area contributed by atoms with Gasteiger partial charge in [-0.1, -0.05) is 38.5 Å². The third kappa shape index (κ3) is 9.22. The number of ether oxygens (including phenoxy) is 1. The van der Waals surface area contributed by atoms with Gasteiger partial charge in [-0.05, 0) is 31.0 Å². The van der Waals surface area contributed by atoms with Crippen LogP contribution in [0.15, 0.2) is 18.2 Å². The van der Waals surface area contributed by atoms with Gasteiger partial charge in [0.1, 0.15) is 0 Å². The van der Waals surface area contributed by atoms with Crippen LogP contribution < -0.4 is 10.1 Å². The first-order valence-electron chi connectivity index (χ1n) is 9.15. The van der Waals surface area contributed by atoms with Crippen LogP contribution in [-0.4, -0.2) is 25.3 Å². The molecule has 0 atom stereocenters. The van der Waals surface area contributed by atoms with Crippen molar-refractivity contribution in [3.63, 3.8) is 0 Å². The van der Waals surface area contributed by atoms with Gasteiger partial charge in [-0.2, -0.15) is 0 Å². The van der Waals surface area contributed by atoms with Crippen molar-refractivity contribution in [3.05, 3.63) is 29.6 Å². The number of Topliss-reactive ketones (excluding diaryl/α,β-unsaturated/α-hetero) is 1. The maximum atomic E-state index is 13.6. The molecule has 0 bridgehead atoms. The Kier molecular flexibility index (Phi) is 10.5. The van der Waals surface area contributed by atoms with E-state index < -0.39 is 5.82 Å². The van der Waals surface area contributed by atoms with Crippen molar-refractivity contribution < 1.29 is 18.7 Å². The van der Waals surface area contributed by atoms with E-state index in [2.05, 4.69) is 5.32 Å². The van der Waals surface area contributed by atoms with Crippen LogP contribution in [0, 0.1) is 5.82 Å². The average molecular weight is 351 g/mol. The monoisotopic (exact) mass is 351 g/mol. The summed E-state index contributed by atoms with van der Waals surface area (Å²) in [7, 11) is 1.41. The number of rotatable bonds is 13. The van der Waals surface area contributed by atoms with Gasteiger partial charge in [0.2, 0.25) is 5.91 Å². The predicted octanol–water partition coefficient (Wildman–Crippen LogP) is 4.66. The summed E-state index contributed by atoms with van der Waals surface area (Å²) in [5.41, 5.74) is 0.414. The lowest BCUT2D eigenvalue weighted by molar-refractivity contribution is -0.118. The smallest absolute Gasteiger partial charge is 0.216 e. The molecule has 1 aromatic rings. The van der Waals surface area contributed by atoms with E-state index in [1.807, 2.05) is 0 Å². The number of methoxy groups -OCH3 is 1. The van der Waals surface area contributed by atoms with Crippen molar-refractivity contribution in [1.82, 2.24) is 5.32 Å². The number of unbranched alkanes of at least 4 members (excludes halogenated alkanes) is 7. The second kappa shape index (κ2) is 12.5. The Balaban J connectivity index is 2.03. The summed E-state index contributed by atoms with van der Waals surface area (Å²) in [6.07, 6.45) is 9.17. The standard InChI is InChI=1S/C20H30FNO3/c1-16(23)22-14-10-8-6-4-3-5-7-9-11-19(24)17-12-13-20(25-2)18(21)15-17/h12-13,15H,3-11,14H2,1-2H3,(H,22,23). The molecule has 0 spiro atoms. The molecule has 25 heavy (non-hydrogen) atoms. The van der Waals surface area contributed by atoms with Gasteiger partial charge >= 0.3 is 0 Å². The molecule has 0 aliphatic carbocycles. The summed E-state index contributed by atoms with van der Waals surface area (Å²) in [6, 6.07) is 4.36. The molecule has 0 aliphatic heterocycles. The van der Waals surface area contributed by atoms with E-state index in [1.54, 1.807) is 6.07 Å². The molecule has 0 saturated heterocycles. The third-order valence-electron chi connectivity index (χ3n) is 4.18. The lowest BCUT2D eigenvalue weighted by atomic mass is 10.0. The van der Waals surface area contributed by atoms with E-state index in [1.165, 1.54) is 45.4 Å². The Bertz CT molecular complexity index is 546. The van der Waals surface area contributed by atoms with Crippen LogP contribution in [0.1, 0.15) is 75.1 Å². The minimum Gasteiger partial charge on any atom is -0.494 e. The minimum absolute atomic E-state index is 0.0143. The highest BCUT2D eigenvalue weighted by Gasteiger charge is 2.09. The normalized spacial score (nSPS) is 10.5. The fraction of sp³-hybridized carbons (Fsp3) is 0.600. The average Bonchev–Trinajstić information content (AvgIpc) is 2.59. The SMILES string of the molecule is COc1ccc(C(=O)CCCCCCCCCCNC(C)=O)cc1F. The summed E-state index contributed by atoms with van der Waals surface area (Å²) in [6.45, 7) is 2.30. The quantitative estimate of drug-likeness (QED) is 0.415. The highest BCUT2D eigenvalue weighted by atomic mass is 19.1. The molecule has 0 unspecified atom stereocenters. The first-order chi connectivity index (χ1) is 12.0. The van der Waals surface area contributed by atoms with E-state index in [4.69, 9.17) is 4.74 Å². The van der Waals surface area contributed by atoms with Crippen LogP contribution in [0.25, 0.3) is 0 Å². The zero-order chi connectivity index (χ0) is 18.5. The van der Waals surface area contributed by atoms with Crippen LogP contribution in [-0.2, 0) is 4.79 Å². The maximum absolute atomic E-state index is 13.6. The van der Waals surface area contributed by atoms with Gasteiger partial charge in [0.25, 0.3) is 0 Å². The molecule has 0 saturated carbocycles. The molecule has 1 rings (SSSR count). The summed E-state index contributed by atoms with van der Waals surface area (Å²) in [4.78, 5) is 22.7. The Morgan fingerprint density at radius 2 is 1.60 bits per heavy atom. The van der Waals surface area contributed by atoms with Crippen LogP contribution in [0.3, 0.4) is 0 Å². The lowest BCUT2D eigenvalue weighted by Gasteiger charge is -2.05. The summed E-state index contributed by atoms with van der Waals surface area (Å²) in [5, 5.41) is 2.80. The minimum atomic E-state index is -0.494. The topological polar surface area (TPSA) is 55.4 Å². The summed E-state index contributed by atoms with van der Waals surface area (Å²) in [5.74, 6) is -0.313. The Morgan fingerprint density at radius 1 is 1.00 bits per heavy atom. The second-order valence-corrected chi connectivity index (χ2v) is 6.33. The highest BCUT2D eigenvalue weighted by molar-refractivity contribution is 5.96. The first-order valence-corrected chi connectivity index (χ1v) is 9.15. The van der Waals surface area contributed by atoms with Crippen LogP contribution in [0.5, 0.6) is 5.75 Å². The van der Waals surface area contributed by atoms with Crippen molar-refractivity contribution in [1.29, 1.82) is 0 Å². The molecule has 0 radical (unpaired) electrons. The van der Waals surface area contributed by atoms with Gasteiger partial charge in [0, 0.05) is 25.5 Å². The molecule has 0 heterocycles. The maximum Gasteiger partial charge on any atom is 0.216 e. The Labute approximate surface area is 150 Å². The van der Waals surface area contributed by atoms with Crippen molar-refractivity contribution >= 4 is 11.7 Å². The van der Waals surface area contributed by atoms with Gasteiger partial charge in [0.15, 0.2) is 17.3 Å². The fourth-order valence-electron chi connectivity index (χ4n) is 2.72. The van der Waals surface area contributed by atoms with Crippen molar-refractivity contribution in [2.75, 3.05) is 13.7 Å². The number of amides is 1. The van der Waals surface area contributed by atoms with Crippen LogP contribution in [0.2, 0.25) is 0 Å². The largest absolute Gasteiger partial charge is 0.494 e. The highest BCUT2D eigenvalue weighted by Crippen LogP contribution is 2.19. The summed E-state index contributed by atoms with van der Waals surface area (Å²) < 4.78 is 18.4. The zero-order valence-electron chi connectivity index (χ0n) is 15.4.